The normalized spacial score (nSPS) is 20.3. The molecule has 0 radical (unpaired) electrons. The van der Waals surface area contributed by atoms with Crippen LogP contribution in [0.2, 0.25) is 10.0 Å². The van der Waals surface area contributed by atoms with Gasteiger partial charge in [-0.1, -0.05) is 29.8 Å². The molecule has 1 aromatic carbocycles. The molecule has 5 rings (SSSR count). The predicted octanol–water partition coefficient (Wildman–Crippen LogP) is 5.24. The van der Waals surface area contributed by atoms with Crippen molar-refractivity contribution >= 4 is 51.4 Å². The van der Waals surface area contributed by atoms with E-state index >= 15 is 0 Å². The molecule has 236 valence electrons. The van der Waals surface area contributed by atoms with Gasteiger partial charge >= 0.3 is 0 Å². The van der Waals surface area contributed by atoms with E-state index in [2.05, 4.69) is 41.1 Å². The van der Waals surface area contributed by atoms with Crippen molar-refractivity contribution in [2.24, 2.45) is 5.92 Å². The van der Waals surface area contributed by atoms with Gasteiger partial charge in [0.15, 0.2) is 5.78 Å². The summed E-state index contributed by atoms with van der Waals surface area (Å²) in [5, 5.41) is 9.64. The Morgan fingerprint density at radius 1 is 1.16 bits per heavy atom. The molecule has 0 aliphatic carbocycles. The molecule has 0 saturated carbocycles. The van der Waals surface area contributed by atoms with Gasteiger partial charge in [0, 0.05) is 79.8 Å². The molecule has 2 saturated heterocycles. The number of benzene rings is 1. The minimum absolute atomic E-state index is 0.0521. The third-order valence-electron chi connectivity index (χ3n) is 8.22. The zero-order chi connectivity index (χ0) is 31.4. The van der Waals surface area contributed by atoms with E-state index in [4.69, 9.17) is 47.4 Å². The number of aromatic nitrogens is 2. The lowest BCUT2D eigenvalue weighted by Gasteiger charge is -2.21. The highest BCUT2D eigenvalue weighted by Gasteiger charge is 2.34. The second-order valence-electron chi connectivity index (χ2n) is 11.6. The van der Waals surface area contributed by atoms with Gasteiger partial charge < -0.3 is 29.7 Å². The van der Waals surface area contributed by atoms with Gasteiger partial charge in [0.25, 0.3) is 0 Å². The quantitative estimate of drug-likeness (QED) is 0.241. The number of pyridine rings is 2. The van der Waals surface area contributed by atoms with Crippen molar-refractivity contribution in [1.29, 1.82) is 0 Å². The number of hydrogen-bond donors (Lipinski definition) is 2. The van der Waals surface area contributed by atoms with Crippen LogP contribution in [-0.4, -0.2) is 105 Å². The van der Waals surface area contributed by atoms with Gasteiger partial charge in [0.1, 0.15) is 23.1 Å². The number of nitrogens with one attached hydrogen (secondary N) is 2. The van der Waals surface area contributed by atoms with Gasteiger partial charge in [-0.25, -0.2) is 9.97 Å². The number of nitrogens with zero attached hydrogens (tertiary/aromatic N) is 4. The maximum atomic E-state index is 12.4. The first kappa shape index (κ1) is 32.2. The number of carbonyl (C=O) groups is 1. The smallest absolute Gasteiger partial charge is 0.155 e. The monoisotopic (exact) mass is 642 g/mol. The highest BCUT2D eigenvalue weighted by Crippen LogP contribution is 2.46. The van der Waals surface area contributed by atoms with E-state index in [-0.39, 0.29) is 23.8 Å². The van der Waals surface area contributed by atoms with Gasteiger partial charge in [-0.3, -0.25) is 9.69 Å². The van der Waals surface area contributed by atoms with E-state index < -0.39 is 0 Å². The van der Waals surface area contributed by atoms with Crippen LogP contribution in [0.5, 0.6) is 11.5 Å². The fourth-order valence-corrected chi connectivity index (χ4v) is 6.50. The van der Waals surface area contributed by atoms with Crippen LogP contribution in [0.3, 0.4) is 0 Å². The van der Waals surface area contributed by atoms with Crippen molar-refractivity contribution < 1.29 is 19.0 Å². The SMILES string of the molecule is C=CC(=O)C[C@H]1CN(CCN(C)C)C[C@H]1Nc1cc2c(NC3CCOC3)nc(-c3c(Cl)c(OC)cc(OC)c3Cl)cc2cn1. The third-order valence-corrected chi connectivity index (χ3v) is 8.97. The molecular weight excluding hydrogens is 603 g/mol. The topological polar surface area (TPSA) is 101 Å². The van der Waals surface area contributed by atoms with Crippen molar-refractivity contribution in [2.75, 3.05) is 78.3 Å². The minimum Gasteiger partial charge on any atom is -0.495 e. The molecule has 2 aromatic heterocycles. The molecule has 3 aromatic rings. The van der Waals surface area contributed by atoms with Gasteiger partial charge in [-0.15, -0.1) is 0 Å². The lowest BCUT2D eigenvalue weighted by atomic mass is 9.97. The van der Waals surface area contributed by atoms with Gasteiger partial charge in [-0.2, -0.15) is 0 Å². The van der Waals surface area contributed by atoms with E-state index in [0.29, 0.717) is 64.1 Å². The van der Waals surface area contributed by atoms with E-state index in [1.165, 1.54) is 6.08 Å². The Bertz CT molecular complexity index is 1490. The summed E-state index contributed by atoms with van der Waals surface area (Å²) < 4.78 is 16.6. The molecule has 1 unspecified atom stereocenters. The Balaban J connectivity index is 1.52. The summed E-state index contributed by atoms with van der Waals surface area (Å²) in [6.45, 7) is 8.48. The average Bonchev–Trinajstić information content (AvgIpc) is 3.66. The molecule has 4 heterocycles. The zero-order valence-electron chi connectivity index (χ0n) is 25.7. The number of ether oxygens (including phenoxy) is 3. The number of anilines is 2. The number of fused-ring (bicyclic) bond motifs is 1. The van der Waals surface area contributed by atoms with Crippen LogP contribution in [0.15, 0.2) is 37.1 Å². The molecule has 10 nitrogen and oxygen atoms in total. The lowest BCUT2D eigenvalue weighted by Crippen LogP contribution is -2.32. The number of likely N-dealkylation sites (N-methyl/N-ethyl adjacent to an activating group) is 1. The maximum absolute atomic E-state index is 12.4. The molecule has 44 heavy (non-hydrogen) atoms. The molecule has 0 amide bonds. The summed E-state index contributed by atoms with van der Waals surface area (Å²) in [4.78, 5) is 26.7. The maximum Gasteiger partial charge on any atom is 0.155 e. The van der Waals surface area contributed by atoms with Crippen molar-refractivity contribution in [1.82, 2.24) is 19.8 Å². The number of carbonyl (C=O) groups excluding carboxylic acids is 1. The van der Waals surface area contributed by atoms with Gasteiger partial charge in [-0.05, 0) is 38.7 Å². The second-order valence-corrected chi connectivity index (χ2v) is 12.3. The largest absolute Gasteiger partial charge is 0.495 e. The second kappa shape index (κ2) is 14.3. The number of methoxy groups -OCH3 is 2. The summed E-state index contributed by atoms with van der Waals surface area (Å²) in [5.74, 6) is 2.44. The minimum atomic E-state index is 0.0521. The number of hydrogen-bond acceptors (Lipinski definition) is 10. The van der Waals surface area contributed by atoms with Crippen LogP contribution in [0.4, 0.5) is 11.6 Å². The number of rotatable bonds is 13. The molecule has 0 bridgehead atoms. The average molecular weight is 644 g/mol. The highest BCUT2D eigenvalue weighted by molar-refractivity contribution is 6.41. The highest BCUT2D eigenvalue weighted by atomic mass is 35.5. The molecule has 0 spiro atoms. The van der Waals surface area contributed by atoms with Crippen LogP contribution in [0, 0.1) is 5.92 Å². The molecule has 12 heteroatoms. The summed E-state index contributed by atoms with van der Waals surface area (Å²) in [6.07, 6.45) is 4.54. The van der Waals surface area contributed by atoms with Crippen LogP contribution < -0.4 is 20.1 Å². The zero-order valence-corrected chi connectivity index (χ0v) is 27.2. The fourth-order valence-electron chi connectivity index (χ4n) is 5.80. The van der Waals surface area contributed by atoms with Gasteiger partial charge in [0.05, 0.1) is 42.6 Å². The standard InChI is InChI=1S/C32H40Cl2N6O4/c1-6-22(41)11-20-16-40(9-8-39(2)3)17-25(20)37-28-13-23-19(15-35-28)12-24(38-32(23)36-21-7-10-44-18-21)29-30(33)26(42-4)14-27(43-5)31(29)34/h6,12-15,20-21,25H,1,7-11,16-18H2,2-5H3,(H,35,37)(H,36,38)/t20-,21?,25+/m0/s1. The molecule has 2 aliphatic heterocycles. The first-order chi connectivity index (χ1) is 21.2. The Morgan fingerprint density at radius 3 is 2.55 bits per heavy atom. The number of ketones is 1. The summed E-state index contributed by atoms with van der Waals surface area (Å²) in [6, 6.07) is 5.74. The van der Waals surface area contributed by atoms with Crippen molar-refractivity contribution in [3.63, 3.8) is 0 Å². The van der Waals surface area contributed by atoms with Crippen LogP contribution >= 0.6 is 23.2 Å². The van der Waals surface area contributed by atoms with E-state index in [1.54, 1.807) is 20.3 Å². The summed E-state index contributed by atoms with van der Waals surface area (Å²) in [7, 11) is 7.22. The Labute approximate surface area is 268 Å². The van der Waals surface area contributed by atoms with E-state index in [0.717, 1.165) is 43.4 Å². The van der Waals surface area contributed by atoms with Crippen molar-refractivity contribution in [2.45, 2.75) is 24.9 Å². The Hall–Kier alpha value is -3.15. The number of likely N-dealkylation sites (tertiary alicyclic amines) is 1. The molecular formula is C32H40Cl2N6O4. The predicted molar refractivity (Wildman–Crippen MR) is 177 cm³/mol. The molecule has 2 N–H and O–H groups in total. The number of allylic oxidation sites excluding steroid dienone is 1. The summed E-state index contributed by atoms with van der Waals surface area (Å²) >= 11 is 13.6. The fraction of sp³-hybridized carbons (Fsp3) is 0.469. The lowest BCUT2D eigenvalue weighted by molar-refractivity contribution is -0.115. The van der Waals surface area contributed by atoms with Crippen LogP contribution in [0.1, 0.15) is 12.8 Å². The Kier molecular flexibility index (Phi) is 10.5. The first-order valence-electron chi connectivity index (χ1n) is 14.7. The molecule has 2 fully saturated rings. The Morgan fingerprint density at radius 2 is 1.91 bits per heavy atom. The van der Waals surface area contributed by atoms with Crippen molar-refractivity contribution in [3.05, 3.63) is 47.1 Å². The van der Waals surface area contributed by atoms with E-state index in [9.17, 15) is 4.79 Å². The molecule has 3 atom stereocenters. The van der Waals surface area contributed by atoms with E-state index in [1.807, 2.05) is 18.3 Å². The third kappa shape index (κ3) is 7.21. The van der Waals surface area contributed by atoms with Crippen LogP contribution in [-0.2, 0) is 9.53 Å². The van der Waals surface area contributed by atoms with Crippen molar-refractivity contribution in [3.8, 4) is 22.8 Å². The summed E-state index contributed by atoms with van der Waals surface area (Å²) in [5.41, 5.74) is 1.07. The van der Waals surface area contributed by atoms with Crippen LogP contribution in [0.25, 0.3) is 22.0 Å². The number of halogens is 2. The van der Waals surface area contributed by atoms with Gasteiger partial charge in [0.2, 0.25) is 0 Å². The first-order valence-corrected chi connectivity index (χ1v) is 15.5. The molecule has 2 aliphatic rings.